The molecule has 0 aliphatic carbocycles. The molecular formula is C16H23Cl3N2. The van der Waals surface area contributed by atoms with Gasteiger partial charge in [-0.25, -0.2) is 0 Å². The van der Waals surface area contributed by atoms with Crippen LogP contribution in [0.3, 0.4) is 0 Å². The second-order valence-electron chi connectivity index (χ2n) is 5.83. The maximum Gasteiger partial charge on any atom is 0.0655 e. The van der Waals surface area contributed by atoms with Crippen molar-refractivity contribution in [1.82, 2.24) is 5.32 Å². The Bertz CT molecular complexity index is 493. The molecule has 1 heterocycles. The van der Waals surface area contributed by atoms with E-state index < -0.39 is 0 Å². The van der Waals surface area contributed by atoms with E-state index in [4.69, 9.17) is 34.8 Å². The number of anilines is 1. The van der Waals surface area contributed by atoms with Gasteiger partial charge in [0.05, 0.1) is 20.8 Å². The van der Waals surface area contributed by atoms with Gasteiger partial charge in [0.1, 0.15) is 0 Å². The third-order valence-electron chi connectivity index (χ3n) is 4.55. The third kappa shape index (κ3) is 3.79. The van der Waals surface area contributed by atoms with Crippen molar-refractivity contribution in [3.63, 3.8) is 0 Å². The monoisotopic (exact) mass is 348 g/mol. The fourth-order valence-corrected chi connectivity index (χ4v) is 3.53. The molecule has 3 unspecified atom stereocenters. The predicted octanol–water partition coefficient (Wildman–Crippen LogP) is 5.25. The molecule has 21 heavy (non-hydrogen) atoms. The van der Waals surface area contributed by atoms with Gasteiger partial charge in [-0.2, -0.15) is 0 Å². The Hall–Kier alpha value is -0.150. The highest BCUT2D eigenvalue weighted by Gasteiger charge is 2.30. The van der Waals surface area contributed by atoms with Crippen molar-refractivity contribution in [2.24, 2.45) is 5.92 Å². The molecule has 1 aliphatic rings. The van der Waals surface area contributed by atoms with Crippen molar-refractivity contribution in [2.45, 2.75) is 45.7 Å². The van der Waals surface area contributed by atoms with E-state index >= 15 is 0 Å². The van der Waals surface area contributed by atoms with Gasteiger partial charge in [0.25, 0.3) is 0 Å². The molecule has 1 fully saturated rings. The van der Waals surface area contributed by atoms with Crippen molar-refractivity contribution in [3.05, 3.63) is 27.2 Å². The molecule has 3 atom stereocenters. The Morgan fingerprint density at radius 3 is 2.48 bits per heavy atom. The molecule has 0 aromatic heterocycles. The number of rotatable bonds is 4. The van der Waals surface area contributed by atoms with Crippen LogP contribution >= 0.6 is 34.8 Å². The quantitative estimate of drug-likeness (QED) is 0.747. The van der Waals surface area contributed by atoms with Crippen LogP contribution in [0.1, 0.15) is 33.6 Å². The first-order valence-electron chi connectivity index (χ1n) is 7.62. The summed E-state index contributed by atoms with van der Waals surface area (Å²) in [5.74, 6) is 0.631. The van der Waals surface area contributed by atoms with Crippen molar-refractivity contribution in [3.8, 4) is 0 Å². The molecule has 1 N–H and O–H groups in total. The first-order chi connectivity index (χ1) is 9.97. The van der Waals surface area contributed by atoms with Crippen molar-refractivity contribution in [1.29, 1.82) is 0 Å². The highest BCUT2D eigenvalue weighted by atomic mass is 35.5. The van der Waals surface area contributed by atoms with Crippen LogP contribution in [-0.4, -0.2) is 25.2 Å². The van der Waals surface area contributed by atoms with E-state index in [-0.39, 0.29) is 0 Å². The zero-order valence-corrected chi connectivity index (χ0v) is 15.1. The van der Waals surface area contributed by atoms with Crippen LogP contribution in [0.4, 0.5) is 5.69 Å². The van der Waals surface area contributed by atoms with E-state index in [9.17, 15) is 0 Å². The maximum absolute atomic E-state index is 6.41. The molecule has 5 heteroatoms. The Balaban J connectivity index is 2.31. The van der Waals surface area contributed by atoms with Crippen LogP contribution in [0.25, 0.3) is 0 Å². The Labute approximate surface area is 142 Å². The summed E-state index contributed by atoms with van der Waals surface area (Å²) in [5, 5.41) is 5.41. The Morgan fingerprint density at radius 1 is 1.19 bits per heavy atom. The van der Waals surface area contributed by atoms with Gasteiger partial charge in [0.2, 0.25) is 0 Å². The zero-order chi connectivity index (χ0) is 15.6. The molecular weight excluding hydrogens is 327 g/mol. The highest BCUT2D eigenvalue weighted by molar-refractivity contribution is 6.44. The van der Waals surface area contributed by atoms with Gasteiger partial charge in [0, 0.05) is 25.2 Å². The Morgan fingerprint density at radius 2 is 1.86 bits per heavy atom. The summed E-state index contributed by atoms with van der Waals surface area (Å²) in [6.45, 7) is 8.65. The number of nitrogens with zero attached hydrogens (tertiary/aromatic N) is 1. The van der Waals surface area contributed by atoms with Gasteiger partial charge in [0.15, 0.2) is 0 Å². The lowest BCUT2D eigenvalue weighted by molar-refractivity contribution is 0.306. The molecule has 118 valence electrons. The summed E-state index contributed by atoms with van der Waals surface area (Å²) in [7, 11) is 0. The summed E-state index contributed by atoms with van der Waals surface area (Å²) in [6.07, 6.45) is 2.23. The van der Waals surface area contributed by atoms with E-state index in [1.807, 2.05) is 6.07 Å². The molecule has 0 bridgehead atoms. The molecule has 0 spiro atoms. The standard InChI is InChI=1S/C16H23Cl3N2/c1-4-10(3)15-9-21(11(5-2)8-20-15)16-7-13(18)12(17)6-14(16)19/h6-7,10-11,15,20H,4-5,8-9H2,1-3H3. The largest absolute Gasteiger partial charge is 0.364 e. The normalized spacial score (nSPS) is 24.2. The van der Waals surface area contributed by atoms with Crippen molar-refractivity contribution in [2.75, 3.05) is 18.0 Å². The van der Waals surface area contributed by atoms with E-state index in [2.05, 4.69) is 31.0 Å². The summed E-state index contributed by atoms with van der Waals surface area (Å²) in [4.78, 5) is 2.39. The third-order valence-corrected chi connectivity index (χ3v) is 5.58. The van der Waals surface area contributed by atoms with Gasteiger partial charge < -0.3 is 10.2 Å². The number of hydrogen-bond donors (Lipinski definition) is 1. The van der Waals surface area contributed by atoms with E-state index in [0.717, 1.165) is 31.6 Å². The molecule has 1 saturated heterocycles. The summed E-state index contributed by atoms with van der Waals surface area (Å²) >= 11 is 18.7. The lowest BCUT2D eigenvalue weighted by Gasteiger charge is -2.44. The molecule has 2 nitrogen and oxygen atoms in total. The molecule has 0 amide bonds. The molecule has 0 radical (unpaired) electrons. The van der Waals surface area contributed by atoms with Crippen molar-refractivity contribution >= 4 is 40.5 Å². The number of halogens is 3. The fraction of sp³-hybridized carbons (Fsp3) is 0.625. The van der Waals surface area contributed by atoms with Crippen LogP contribution in [0.5, 0.6) is 0 Å². The maximum atomic E-state index is 6.41. The Kier molecular flexibility index (Phi) is 6.07. The second kappa shape index (κ2) is 7.41. The summed E-state index contributed by atoms with van der Waals surface area (Å²) < 4.78 is 0. The van der Waals surface area contributed by atoms with Gasteiger partial charge in [-0.15, -0.1) is 0 Å². The van der Waals surface area contributed by atoms with Crippen LogP contribution in [0, 0.1) is 5.92 Å². The number of benzene rings is 1. The first-order valence-corrected chi connectivity index (χ1v) is 8.75. The molecule has 2 rings (SSSR count). The van der Waals surface area contributed by atoms with Crippen LogP contribution < -0.4 is 10.2 Å². The van der Waals surface area contributed by atoms with Crippen LogP contribution in [0.15, 0.2) is 12.1 Å². The SMILES string of the molecule is CCC(C)C1CN(c2cc(Cl)c(Cl)cc2Cl)C(CC)CN1. The molecule has 0 saturated carbocycles. The average molecular weight is 350 g/mol. The minimum absolute atomic E-state index is 0.431. The second-order valence-corrected chi connectivity index (χ2v) is 7.05. The van der Waals surface area contributed by atoms with Gasteiger partial charge >= 0.3 is 0 Å². The minimum atomic E-state index is 0.431. The summed E-state index contributed by atoms with van der Waals surface area (Å²) in [5.41, 5.74) is 0.993. The lowest BCUT2D eigenvalue weighted by atomic mass is 9.94. The first kappa shape index (κ1) is 17.2. The molecule has 1 aliphatic heterocycles. The average Bonchev–Trinajstić information content (AvgIpc) is 2.49. The lowest BCUT2D eigenvalue weighted by Crippen LogP contribution is -2.58. The van der Waals surface area contributed by atoms with Gasteiger partial charge in [-0.3, -0.25) is 0 Å². The number of nitrogens with one attached hydrogen (secondary N) is 1. The molecule has 1 aromatic carbocycles. The minimum Gasteiger partial charge on any atom is -0.364 e. The highest BCUT2D eigenvalue weighted by Crippen LogP contribution is 2.36. The van der Waals surface area contributed by atoms with Crippen LogP contribution in [-0.2, 0) is 0 Å². The molecule has 1 aromatic rings. The van der Waals surface area contributed by atoms with Gasteiger partial charge in [-0.05, 0) is 24.5 Å². The predicted molar refractivity (Wildman–Crippen MR) is 94.1 cm³/mol. The van der Waals surface area contributed by atoms with Crippen molar-refractivity contribution < 1.29 is 0 Å². The van der Waals surface area contributed by atoms with Gasteiger partial charge in [-0.1, -0.05) is 62.0 Å². The summed E-state index contributed by atoms with van der Waals surface area (Å²) in [6, 6.07) is 4.55. The van der Waals surface area contributed by atoms with E-state index in [1.165, 1.54) is 0 Å². The van der Waals surface area contributed by atoms with E-state index in [0.29, 0.717) is 33.1 Å². The fourth-order valence-electron chi connectivity index (χ4n) is 2.88. The number of piperazine rings is 1. The zero-order valence-electron chi connectivity index (χ0n) is 12.8. The van der Waals surface area contributed by atoms with E-state index in [1.54, 1.807) is 6.07 Å². The van der Waals surface area contributed by atoms with Crippen LogP contribution in [0.2, 0.25) is 15.1 Å². The number of hydrogen-bond acceptors (Lipinski definition) is 2. The smallest absolute Gasteiger partial charge is 0.0655 e. The topological polar surface area (TPSA) is 15.3 Å².